The molecule has 94 valence electrons. The second-order valence-corrected chi connectivity index (χ2v) is 5.16. The molecule has 0 unspecified atom stereocenters. The Morgan fingerprint density at radius 1 is 1.35 bits per heavy atom. The zero-order chi connectivity index (χ0) is 13.1. The quantitative estimate of drug-likeness (QED) is 0.819. The van der Waals surface area contributed by atoms with E-state index in [9.17, 15) is 17.6 Å². The smallest absolute Gasteiger partial charge is 0.243 e. The number of carbonyl (C=O) groups is 1. The van der Waals surface area contributed by atoms with Gasteiger partial charge in [-0.25, -0.2) is 17.5 Å². The summed E-state index contributed by atoms with van der Waals surface area (Å²) in [4.78, 5) is 10.9. The summed E-state index contributed by atoms with van der Waals surface area (Å²) in [6.07, 6.45) is 0.242. The third-order valence-electron chi connectivity index (χ3n) is 2.20. The van der Waals surface area contributed by atoms with Gasteiger partial charge in [0, 0.05) is 18.5 Å². The largest absolute Gasteiger partial charge is 0.294 e. The fourth-order valence-corrected chi connectivity index (χ4v) is 2.50. The summed E-state index contributed by atoms with van der Waals surface area (Å²) in [6, 6.07) is 3.35. The topological polar surface area (TPSA) is 63.2 Å². The first-order chi connectivity index (χ1) is 7.92. The van der Waals surface area contributed by atoms with Crippen molar-refractivity contribution in [2.24, 2.45) is 0 Å². The van der Waals surface area contributed by atoms with E-state index in [1.54, 1.807) is 13.8 Å². The number of hydrogen-bond acceptors (Lipinski definition) is 3. The Morgan fingerprint density at radius 3 is 2.53 bits per heavy atom. The molecular formula is C11H14FNO3S. The number of ketones is 1. The van der Waals surface area contributed by atoms with Crippen LogP contribution < -0.4 is 4.72 Å². The Hall–Kier alpha value is -1.27. The van der Waals surface area contributed by atoms with Crippen LogP contribution in [0, 0.1) is 5.82 Å². The zero-order valence-corrected chi connectivity index (χ0v) is 10.5. The predicted molar refractivity (Wildman–Crippen MR) is 61.9 cm³/mol. The lowest BCUT2D eigenvalue weighted by atomic mass is 10.1. The van der Waals surface area contributed by atoms with Crippen molar-refractivity contribution in [2.45, 2.75) is 25.2 Å². The minimum absolute atomic E-state index is 0.160. The lowest BCUT2D eigenvalue weighted by Crippen LogP contribution is -2.24. The Balaban J connectivity index is 3.29. The van der Waals surface area contributed by atoms with Crippen LogP contribution in [-0.2, 0) is 10.0 Å². The molecule has 1 N–H and O–H groups in total. The molecule has 0 fully saturated rings. The molecular weight excluding hydrogens is 245 g/mol. The molecule has 0 saturated carbocycles. The molecule has 0 radical (unpaired) electrons. The van der Waals surface area contributed by atoms with Crippen molar-refractivity contribution in [1.82, 2.24) is 4.72 Å². The second-order valence-electron chi connectivity index (χ2n) is 3.42. The molecule has 0 aliphatic rings. The normalized spacial score (nSPS) is 11.5. The van der Waals surface area contributed by atoms with Gasteiger partial charge in [0.05, 0.1) is 0 Å². The molecule has 0 aromatic heterocycles. The maximum absolute atomic E-state index is 13.4. The van der Waals surface area contributed by atoms with Gasteiger partial charge in [-0.1, -0.05) is 13.8 Å². The predicted octanol–water partition coefficient (Wildman–Crippen LogP) is 1.72. The van der Waals surface area contributed by atoms with E-state index < -0.39 is 20.7 Å². The highest BCUT2D eigenvalue weighted by molar-refractivity contribution is 7.89. The fourth-order valence-electron chi connectivity index (χ4n) is 1.35. The van der Waals surface area contributed by atoms with Crippen molar-refractivity contribution < 1.29 is 17.6 Å². The molecule has 1 aromatic rings. The fraction of sp³-hybridized carbons (Fsp3) is 0.364. The standard InChI is InChI=1S/C11H14FNO3S/c1-3-10(14)8-5-6-9(12)11(7-8)17(15,16)13-4-2/h5-7,13H,3-4H2,1-2H3. The number of hydrogen-bond donors (Lipinski definition) is 1. The highest BCUT2D eigenvalue weighted by Gasteiger charge is 2.19. The van der Waals surface area contributed by atoms with Gasteiger partial charge < -0.3 is 0 Å². The summed E-state index contributed by atoms with van der Waals surface area (Å²) in [5, 5.41) is 0. The Kier molecular flexibility index (Phi) is 4.36. The Morgan fingerprint density at radius 2 is 2.00 bits per heavy atom. The van der Waals surface area contributed by atoms with Crippen molar-refractivity contribution in [3.8, 4) is 0 Å². The monoisotopic (exact) mass is 259 g/mol. The maximum atomic E-state index is 13.4. The van der Waals surface area contributed by atoms with Crippen LogP contribution in [0.15, 0.2) is 23.1 Å². The first kappa shape index (κ1) is 13.8. The third-order valence-corrected chi connectivity index (χ3v) is 3.76. The van der Waals surface area contributed by atoms with Crippen LogP contribution in [0.1, 0.15) is 30.6 Å². The number of nitrogens with one attached hydrogen (secondary N) is 1. The van der Waals surface area contributed by atoms with Gasteiger partial charge in [0.2, 0.25) is 10.0 Å². The van der Waals surface area contributed by atoms with Crippen LogP contribution in [-0.4, -0.2) is 20.7 Å². The molecule has 0 aliphatic carbocycles. The van der Waals surface area contributed by atoms with E-state index in [1.807, 2.05) is 0 Å². The van der Waals surface area contributed by atoms with Crippen molar-refractivity contribution in [3.05, 3.63) is 29.6 Å². The molecule has 6 heteroatoms. The number of halogens is 1. The van der Waals surface area contributed by atoms with Gasteiger partial charge in [-0.2, -0.15) is 0 Å². The van der Waals surface area contributed by atoms with E-state index in [0.29, 0.717) is 0 Å². The zero-order valence-electron chi connectivity index (χ0n) is 9.66. The van der Waals surface area contributed by atoms with Crippen molar-refractivity contribution in [3.63, 3.8) is 0 Å². The van der Waals surface area contributed by atoms with E-state index in [0.717, 1.165) is 12.1 Å². The van der Waals surface area contributed by atoms with Gasteiger partial charge in [0.25, 0.3) is 0 Å². The van der Waals surface area contributed by atoms with E-state index in [4.69, 9.17) is 0 Å². The summed E-state index contributed by atoms with van der Waals surface area (Å²) in [6.45, 7) is 3.41. The maximum Gasteiger partial charge on any atom is 0.243 e. The van der Waals surface area contributed by atoms with Gasteiger partial charge in [-0.05, 0) is 18.2 Å². The molecule has 0 spiro atoms. The van der Waals surface area contributed by atoms with Gasteiger partial charge in [-0.3, -0.25) is 4.79 Å². The number of rotatable bonds is 5. The summed E-state index contributed by atoms with van der Waals surface area (Å²) in [7, 11) is -3.88. The molecule has 1 rings (SSSR count). The Bertz CT molecular complexity index is 526. The van der Waals surface area contributed by atoms with E-state index >= 15 is 0 Å². The summed E-state index contributed by atoms with van der Waals surface area (Å²) in [5.74, 6) is -1.09. The lowest BCUT2D eigenvalue weighted by molar-refractivity contribution is 0.0988. The van der Waals surface area contributed by atoms with Crippen molar-refractivity contribution >= 4 is 15.8 Å². The van der Waals surface area contributed by atoms with E-state index in [2.05, 4.69) is 4.72 Å². The SMILES string of the molecule is CCNS(=O)(=O)c1cc(C(=O)CC)ccc1F. The van der Waals surface area contributed by atoms with Crippen LogP contribution in [0.2, 0.25) is 0 Å². The van der Waals surface area contributed by atoms with E-state index in [-0.39, 0.29) is 24.3 Å². The molecule has 0 saturated heterocycles. The summed E-state index contributed by atoms with van der Waals surface area (Å²) >= 11 is 0. The average Bonchev–Trinajstić information content (AvgIpc) is 2.28. The second kappa shape index (κ2) is 5.37. The van der Waals surface area contributed by atoms with Crippen LogP contribution in [0.25, 0.3) is 0 Å². The number of carbonyl (C=O) groups excluding carboxylic acids is 1. The van der Waals surface area contributed by atoms with Crippen molar-refractivity contribution in [1.29, 1.82) is 0 Å². The van der Waals surface area contributed by atoms with Crippen LogP contribution >= 0.6 is 0 Å². The van der Waals surface area contributed by atoms with Gasteiger partial charge >= 0.3 is 0 Å². The molecule has 0 aliphatic heterocycles. The van der Waals surface area contributed by atoms with Crippen LogP contribution in [0.4, 0.5) is 4.39 Å². The van der Waals surface area contributed by atoms with Crippen LogP contribution in [0.3, 0.4) is 0 Å². The molecule has 17 heavy (non-hydrogen) atoms. The van der Waals surface area contributed by atoms with Gasteiger partial charge in [-0.15, -0.1) is 0 Å². The number of Topliss-reactive ketones (excluding diaryl/α,β-unsaturated/α-hetero) is 1. The summed E-state index contributed by atoms with van der Waals surface area (Å²) in [5.41, 5.74) is 0.199. The first-order valence-electron chi connectivity index (χ1n) is 5.24. The Labute approximate surface area is 99.9 Å². The molecule has 1 aromatic carbocycles. The minimum Gasteiger partial charge on any atom is -0.294 e. The molecule has 0 atom stereocenters. The minimum atomic E-state index is -3.88. The summed E-state index contributed by atoms with van der Waals surface area (Å²) < 4.78 is 38.9. The first-order valence-corrected chi connectivity index (χ1v) is 6.73. The number of benzene rings is 1. The third kappa shape index (κ3) is 3.10. The molecule has 0 heterocycles. The van der Waals surface area contributed by atoms with Crippen LogP contribution in [0.5, 0.6) is 0 Å². The molecule has 0 amide bonds. The van der Waals surface area contributed by atoms with E-state index in [1.165, 1.54) is 6.07 Å². The lowest BCUT2D eigenvalue weighted by Gasteiger charge is -2.07. The number of sulfonamides is 1. The highest BCUT2D eigenvalue weighted by Crippen LogP contribution is 2.17. The highest BCUT2D eigenvalue weighted by atomic mass is 32.2. The molecule has 4 nitrogen and oxygen atoms in total. The van der Waals surface area contributed by atoms with Gasteiger partial charge in [0.15, 0.2) is 5.78 Å². The molecule has 0 bridgehead atoms. The van der Waals surface area contributed by atoms with Crippen molar-refractivity contribution in [2.75, 3.05) is 6.54 Å². The van der Waals surface area contributed by atoms with Gasteiger partial charge in [0.1, 0.15) is 10.7 Å². The average molecular weight is 259 g/mol.